The zero-order valence-electron chi connectivity index (χ0n) is 19.2. The van der Waals surface area contributed by atoms with Crippen LogP contribution >= 0.6 is 11.3 Å². The highest BCUT2D eigenvalue weighted by Crippen LogP contribution is 2.37. The Morgan fingerprint density at radius 2 is 1.91 bits per heavy atom. The Morgan fingerprint density at radius 1 is 1.09 bits per heavy atom. The van der Waals surface area contributed by atoms with Gasteiger partial charge >= 0.3 is 0 Å². The van der Waals surface area contributed by atoms with Crippen molar-refractivity contribution < 1.29 is 14.4 Å². The number of fused-ring (bicyclic) bond motifs is 1. The molecule has 8 nitrogen and oxygen atoms in total. The van der Waals surface area contributed by atoms with Crippen LogP contribution in [0.15, 0.2) is 29.8 Å². The number of benzene rings is 1. The third kappa shape index (κ3) is 4.11. The maximum Gasteiger partial charge on any atom is 0.282 e. The summed E-state index contributed by atoms with van der Waals surface area (Å²) >= 11 is 1.38. The first kappa shape index (κ1) is 21.7. The van der Waals surface area contributed by atoms with E-state index in [9.17, 15) is 14.4 Å². The minimum Gasteiger partial charge on any atom is -0.334 e. The molecule has 0 N–H and O–H groups in total. The summed E-state index contributed by atoms with van der Waals surface area (Å²) in [6.07, 6.45) is 6.04. The topological polar surface area (TPSA) is 77.1 Å². The summed E-state index contributed by atoms with van der Waals surface area (Å²) < 4.78 is 0. The molecule has 4 heterocycles. The van der Waals surface area contributed by atoms with Crippen molar-refractivity contribution in [3.63, 3.8) is 0 Å². The molecule has 3 amide bonds. The molecule has 1 aromatic carbocycles. The Bertz CT molecular complexity index is 1110. The van der Waals surface area contributed by atoms with Crippen molar-refractivity contribution in [2.45, 2.75) is 38.1 Å². The van der Waals surface area contributed by atoms with Crippen LogP contribution in [0.3, 0.4) is 0 Å². The normalized spacial score (nSPS) is 23.0. The summed E-state index contributed by atoms with van der Waals surface area (Å²) in [6.45, 7) is 4.27. The van der Waals surface area contributed by atoms with Crippen LogP contribution in [0.5, 0.6) is 0 Å². The number of anilines is 2. The molecule has 1 atom stereocenters. The van der Waals surface area contributed by atoms with E-state index < -0.39 is 0 Å². The third-order valence-corrected chi connectivity index (χ3v) is 8.33. The first-order valence-corrected chi connectivity index (χ1v) is 13.1. The number of amides is 3. The average Bonchev–Trinajstić information content (AvgIpc) is 3.23. The Balaban J connectivity index is 1.08. The second-order valence-corrected chi connectivity index (χ2v) is 10.7. The number of aromatic nitrogens is 1. The second kappa shape index (κ2) is 8.78. The van der Waals surface area contributed by atoms with Gasteiger partial charge in [0.05, 0.1) is 0 Å². The van der Waals surface area contributed by atoms with Crippen LogP contribution in [0.4, 0.5) is 11.4 Å². The fraction of sp³-hybridized carbons (Fsp3) is 0.520. The van der Waals surface area contributed by atoms with Crippen LogP contribution in [0.1, 0.15) is 41.0 Å². The van der Waals surface area contributed by atoms with E-state index in [2.05, 4.69) is 16.0 Å². The van der Waals surface area contributed by atoms with Crippen LogP contribution in [0.2, 0.25) is 0 Å². The van der Waals surface area contributed by atoms with Gasteiger partial charge in [0.25, 0.3) is 5.91 Å². The van der Waals surface area contributed by atoms with Gasteiger partial charge in [-0.05, 0) is 48.9 Å². The largest absolute Gasteiger partial charge is 0.334 e. The average molecular weight is 480 g/mol. The van der Waals surface area contributed by atoms with Gasteiger partial charge in [0.1, 0.15) is 0 Å². The summed E-state index contributed by atoms with van der Waals surface area (Å²) in [7, 11) is 0. The quantitative estimate of drug-likeness (QED) is 0.658. The van der Waals surface area contributed by atoms with Crippen LogP contribution in [-0.2, 0) is 16.0 Å². The predicted molar refractivity (Wildman–Crippen MR) is 130 cm³/mol. The van der Waals surface area contributed by atoms with Crippen molar-refractivity contribution >= 4 is 40.4 Å². The van der Waals surface area contributed by atoms with Gasteiger partial charge in [-0.2, -0.15) is 0 Å². The molecule has 1 saturated carbocycles. The fourth-order valence-electron chi connectivity index (χ4n) is 5.43. The predicted octanol–water partition coefficient (Wildman–Crippen LogP) is 2.40. The molecule has 9 heteroatoms. The number of rotatable bonds is 5. The van der Waals surface area contributed by atoms with Crippen molar-refractivity contribution in [1.29, 1.82) is 0 Å². The molecule has 0 bridgehead atoms. The Hall–Kier alpha value is -2.78. The lowest BCUT2D eigenvalue weighted by Crippen LogP contribution is -2.52. The highest BCUT2D eigenvalue weighted by molar-refractivity contribution is 7.11. The van der Waals surface area contributed by atoms with Crippen molar-refractivity contribution in [3.8, 4) is 0 Å². The van der Waals surface area contributed by atoms with E-state index in [1.165, 1.54) is 24.2 Å². The Labute approximate surface area is 203 Å². The number of thiazole rings is 1. The molecular weight excluding hydrogens is 450 g/mol. The van der Waals surface area contributed by atoms with Gasteiger partial charge in [-0.15, -0.1) is 11.3 Å². The van der Waals surface area contributed by atoms with Gasteiger partial charge in [-0.1, -0.05) is 0 Å². The molecule has 1 aliphatic carbocycles. The van der Waals surface area contributed by atoms with Gasteiger partial charge in [0.2, 0.25) is 11.8 Å². The Morgan fingerprint density at radius 3 is 2.65 bits per heavy atom. The number of hydrogen-bond acceptors (Lipinski definition) is 6. The lowest BCUT2D eigenvalue weighted by Gasteiger charge is -2.37. The van der Waals surface area contributed by atoms with Crippen LogP contribution in [0.25, 0.3) is 0 Å². The first-order chi connectivity index (χ1) is 16.6. The van der Waals surface area contributed by atoms with Gasteiger partial charge in [0, 0.05) is 81.1 Å². The number of hydrogen-bond donors (Lipinski definition) is 0. The third-order valence-electron chi connectivity index (χ3n) is 7.57. The Kier molecular flexibility index (Phi) is 5.61. The summed E-state index contributed by atoms with van der Waals surface area (Å²) in [6, 6.07) is 6.28. The van der Waals surface area contributed by atoms with Gasteiger partial charge in [0.15, 0.2) is 5.01 Å². The minimum absolute atomic E-state index is 0.00146. The molecular formula is C25H29N5O3S. The van der Waals surface area contributed by atoms with E-state index in [1.807, 2.05) is 32.2 Å². The van der Waals surface area contributed by atoms with Gasteiger partial charge in [-0.3, -0.25) is 19.3 Å². The van der Waals surface area contributed by atoms with Gasteiger partial charge in [-0.25, -0.2) is 4.98 Å². The molecule has 0 radical (unpaired) electrons. The molecule has 34 heavy (non-hydrogen) atoms. The lowest BCUT2D eigenvalue weighted by atomic mass is 10.1. The molecule has 2 aromatic rings. The smallest absolute Gasteiger partial charge is 0.282 e. The number of carbonyl (C=O) groups is 3. The van der Waals surface area contributed by atoms with Crippen LogP contribution in [0, 0.1) is 5.92 Å². The zero-order valence-corrected chi connectivity index (χ0v) is 20.0. The summed E-state index contributed by atoms with van der Waals surface area (Å²) in [5, 5.41) is 2.37. The van der Waals surface area contributed by atoms with Crippen molar-refractivity contribution in [2.24, 2.45) is 5.92 Å². The lowest BCUT2D eigenvalue weighted by molar-refractivity contribution is -0.119. The van der Waals surface area contributed by atoms with Gasteiger partial charge < -0.3 is 14.7 Å². The van der Waals surface area contributed by atoms with Crippen LogP contribution < -0.4 is 9.80 Å². The maximum absolute atomic E-state index is 12.9. The maximum atomic E-state index is 12.9. The molecule has 2 saturated heterocycles. The van der Waals surface area contributed by atoms with Crippen LogP contribution in [-0.4, -0.2) is 77.8 Å². The SMILES string of the molecule is O=C(c1nccs1)N1CCN(C2CC(=O)N(c3ccc4c(c3)CCN4C(=O)CC3CC3)C2)CC1. The van der Waals surface area contributed by atoms with E-state index in [0.29, 0.717) is 43.4 Å². The molecule has 0 spiro atoms. The molecule has 4 aliphatic rings. The molecule has 3 fully saturated rings. The molecule has 178 valence electrons. The number of nitrogens with zero attached hydrogens (tertiary/aromatic N) is 5. The number of piperazine rings is 1. The second-order valence-electron chi connectivity index (χ2n) is 9.78. The summed E-state index contributed by atoms with van der Waals surface area (Å²) in [5.41, 5.74) is 3.10. The van der Waals surface area contributed by atoms with E-state index in [1.54, 1.807) is 6.20 Å². The van der Waals surface area contributed by atoms with Crippen molar-refractivity contribution in [2.75, 3.05) is 49.1 Å². The monoisotopic (exact) mass is 479 g/mol. The molecule has 6 rings (SSSR count). The molecule has 1 aromatic heterocycles. The summed E-state index contributed by atoms with van der Waals surface area (Å²) in [4.78, 5) is 50.3. The summed E-state index contributed by atoms with van der Waals surface area (Å²) in [5.74, 6) is 0.966. The van der Waals surface area contributed by atoms with E-state index in [-0.39, 0.29) is 23.8 Å². The highest BCUT2D eigenvalue weighted by Gasteiger charge is 2.37. The van der Waals surface area contributed by atoms with Crippen molar-refractivity contribution in [3.05, 3.63) is 40.3 Å². The number of carbonyl (C=O) groups excluding carboxylic acids is 3. The highest BCUT2D eigenvalue weighted by atomic mass is 32.1. The minimum atomic E-state index is 0.00146. The van der Waals surface area contributed by atoms with E-state index in [0.717, 1.165) is 43.0 Å². The molecule has 1 unspecified atom stereocenters. The molecule has 3 aliphatic heterocycles. The standard InChI is InChI=1S/C25H29N5O3S/c31-22(13-17-1-2-17)29-7-5-18-14-19(3-4-21(18)29)30-16-20(15-23(30)32)27-8-10-28(11-9-27)25(33)24-26-6-12-34-24/h3-4,6,12,14,17,20H,1-2,5,7-11,13,15-16H2. The van der Waals surface area contributed by atoms with E-state index in [4.69, 9.17) is 0 Å². The zero-order chi connectivity index (χ0) is 23.2. The van der Waals surface area contributed by atoms with Crippen molar-refractivity contribution in [1.82, 2.24) is 14.8 Å². The fourth-order valence-corrected chi connectivity index (χ4v) is 6.03. The first-order valence-electron chi connectivity index (χ1n) is 12.2. The van der Waals surface area contributed by atoms with E-state index >= 15 is 0 Å².